The summed E-state index contributed by atoms with van der Waals surface area (Å²) >= 11 is 5.96. The van der Waals surface area contributed by atoms with Gasteiger partial charge < -0.3 is 14.5 Å². The number of aromatic nitrogens is 3. The molecule has 6 nitrogen and oxygen atoms in total. The van der Waals surface area contributed by atoms with Gasteiger partial charge in [0.2, 0.25) is 0 Å². The van der Waals surface area contributed by atoms with Crippen LogP contribution in [0.2, 0.25) is 5.02 Å². The van der Waals surface area contributed by atoms with E-state index in [4.69, 9.17) is 21.5 Å². The number of rotatable bonds is 5. The van der Waals surface area contributed by atoms with Crippen molar-refractivity contribution in [1.82, 2.24) is 14.8 Å². The normalized spacial score (nSPS) is 21.2. The Morgan fingerprint density at radius 2 is 2.12 bits per heavy atom. The third-order valence-electron chi connectivity index (χ3n) is 4.58. The number of nitrogens with zero attached hydrogens (tertiary/aromatic N) is 4. The van der Waals surface area contributed by atoms with Crippen LogP contribution >= 0.6 is 11.6 Å². The minimum Gasteiger partial charge on any atom is -0.486 e. The Kier molecular flexibility index (Phi) is 5.35. The summed E-state index contributed by atoms with van der Waals surface area (Å²) in [5, 5.41) is 21.1. The first-order chi connectivity index (χ1) is 11.7. The lowest BCUT2D eigenvalue weighted by Gasteiger charge is -2.25. The standard InChI is InChI=1S/C17H21ClN4O2/c1-22-16(11-24-15-4-2-3-14(18)9-15)20-21-17(22)13-7-5-12(6-8-13)10-19-23/h2-4,9-10,12-13,23H,5-8,11H2,1H3/b19-10+. The van der Waals surface area contributed by atoms with Gasteiger partial charge >= 0.3 is 0 Å². The largest absolute Gasteiger partial charge is 0.486 e. The van der Waals surface area contributed by atoms with Crippen LogP contribution in [0.25, 0.3) is 0 Å². The van der Waals surface area contributed by atoms with Crippen molar-refractivity contribution in [2.45, 2.75) is 38.2 Å². The lowest BCUT2D eigenvalue weighted by atomic mass is 9.82. The molecule has 7 heteroatoms. The Morgan fingerprint density at radius 3 is 2.83 bits per heavy atom. The van der Waals surface area contributed by atoms with E-state index in [0.29, 0.717) is 23.5 Å². The zero-order valence-corrected chi connectivity index (χ0v) is 14.4. The molecule has 0 amide bonds. The van der Waals surface area contributed by atoms with Crippen LogP contribution in [0.1, 0.15) is 43.3 Å². The van der Waals surface area contributed by atoms with Gasteiger partial charge in [0.05, 0.1) is 0 Å². The summed E-state index contributed by atoms with van der Waals surface area (Å²) in [6.07, 6.45) is 5.71. The maximum Gasteiger partial charge on any atom is 0.170 e. The average molecular weight is 349 g/mol. The Morgan fingerprint density at radius 1 is 1.33 bits per heavy atom. The fourth-order valence-electron chi connectivity index (χ4n) is 3.18. The number of oxime groups is 1. The molecule has 1 N–H and O–H groups in total. The van der Waals surface area contributed by atoms with Gasteiger partial charge in [-0.3, -0.25) is 0 Å². The molecule has 24 heavy (non-hydrogen) atoms. The molecule has 0 aliphatic heterocycles. The van der Waals surface area contributed by atoms with Crippen molar-refractivity contribution < 1.29 is 9.94 Å². The summed E-state index contributed by atoms with van der Waals surface area (Å²) < 4.78 is 7.77. The molecule has 0 spiro atoms. The molecule has 1 aliphatic carbocycles. The highest BCUT2D eigenvalue weighted by Gasteiger charge is 2.25. The first kappa shape index (κ1) is 16.8. The molecule has 0 atom stereocenters. The second kappa shape index (κ2) is 7.66. The highest BCUT2D eigenvalue weighted by Crippen LogP contribution is 2.34. The summed E-state index contributed by atoms with van der Waals surface area (Å²) in [7, 11) is 1.98. The molecule has 1 aliphatic rings. The number of hydrogen-bond acceptors (Lipinski definition) is 5. The van der Waals surface area contributed by atoms with Crippen LogP contribution < -0.4 is 4.74 Å². The van der Waals surface area contributed by atoms with Crippen molar-refractivity contribution >= 4 is 17.8 Å². The smallest absolute Gasteiger partial charge is 0.170 e. The molecule has 1 fully saturated rings. The molecule has 1 aromatic heterocycles. The van der Waals surface area contributed by atoms with Crippen molar-refractivity contribution in [3.63, 3.8) is 0 Å². The van der Waals surface area contributed by atoms with Crippen molar-refractivity contribution in [3.8, 4) is 5.75 Å². The highest BCUT2D eigenvalue weighted by molar-refractivity contribution is 6.30. The average Bonchev–Trinajstić information content (AvgIpc) is 2.95. The summed E-state index contributed by atoms with van der Waals surface area (Å²) in [5.74, 6) is 3.27. The summed E-state index contributed by atoms with van der Waals surface area (Å²) in [6, 6.07) is 7.32. The van der Waals surface area contributed by atoms with E-state index in [1.54, 1.807) is 12.3 Å². The topological polar surface area (TPSA) is 72.5 Å². The summed E-state index contributed by atoms with van der Waals surface area (Å²) in [4.78, 5) is 0. The van der Waals surface area contributed by atoms with Crippen LogP contribution in [0.4, 0.5) is 0 Å². The van der Waals surface area contributed by atoms with Gasteiger partial charge in [0, 0.05) is 24.2 Å². The van der Waals surface area contributed by atoms with Crippen LogP contribution in [0.5, 0.6) is 5.75 Å². The van der Waals surface area contributed by atoms with E-state index < -0.39 is 0 Å². The fourth-order valence-corrected chi connectivity index (χ4v) is 3.36. The van der Waals surface area contributed by atoms with Gasteiger partial charge in [0.15, 0.2) is 5.82 Å². The number of hydrogen-bond donors (Lipinski definition) is 1. The second-order valence-electron chi connectivity index (χ2n) is 6.16. The van der Waals surface area contributed by atoms with Crippen LogP contribution in [0.15, 0.2) is 29.4 Å². The zero-order valence-electron chi connectivity index (χ0n) is 13.6. The minimum atomic E-state index is 0.357. The van der Waals surface area contributed by atoms with E-state index in [0.717, 1.165) is 43.1 Å². The van der Waals surface area contributed by atoms with Crippen molar-refractivity contribution in [2.24, 2.45) is 18.1 Å². The predicted octanol–water partition coefficient (Wildman–Crippen LogP) is 3.78. The van der Waals surface area contributed by atoms with Crippen LogP contribution in [0, 0.1) is 5.92 Å². The van der Waals surface area contributed by atoms with E-state index in [1.807, 2.05) is 29.8 Å². The molecule has 2 aromatic rings. The van der Waals surface area contributed by atoms with E-state index in [9.17, 15) is 0 Å². The third kappa shape index (κ3) is 3.87. The summed E-state index contributed by atoms with van der Waals surface area (Å²) in [5.41, 5.74) is 0. The quantitative estimate of drug-likeness (QED) is 0.507. The molecule has 0 bridgehead atoms. The Balaban J connectivity index is 1.62. The van der Waals surface area contributed by atoms with Gasteiger partial charge in [0.1, 0.15) is 18.2 Å². The van der Waals surface area contributed by atoms with Gasteiger partial charge in [-0.15, -0.1) is 15.4 Å². The maximum atomic E-state index is 8.64. The van der Waals surface area contributed by atoms with Crippen LogP contribution in [-0.4, -0.2) is 26.2 Å². The summed E-state index contributed by atoms with van der Waals surface area (Å²) in [6.45, 7) is 0.357. The van der Waals surface area contributed by atoms with E-state index in [2.05, 4.69) is 15.4 Å². The van der Waals surface area contributed by atoms with Crippen molar-refractivity contribution in [3.05, 3.63) is 40.9 Å². The number of ether oxygens (including phenoxy) is 1. The van der Waals surface area contributed by atoms with Gasteiger partial charge in [-0.1, -0.05) is 17.7 Å². The van der Waals surface area contributed by atoms with E-state index >= 15 is 0 Å². The van der Waals surface area contributed by atoms with Gasteiger partial charge in [0.25, 0.3) is 0 Å². The lowest BCUT2D eigenvalue weighted by Crippen LogP contribution is -2.17. The van der Waals surface area contributed by atoms with E-state index in [-0.39, 0.29) is 0 Å². The zero-order chi connectivity index (χ0) is 16.9. The first-order valence-corrected chi connectivity index (χ1v) is 8.49. The molecular weight excluding hydrogens is 328 g/mol. The fraction of sp³-hybridized carbons (Fsp3) is 0.471. The van der Waals surface area contributed by atoms with Crippen molar-refractivity contribution in [2.75, 3.05) is 0 Å². The minimum absolute atomic E-state index is 0.357. The Hall–Kier alpha value is -2.08. The van der Waals surface area contributed by atoms with Crippen LogP contribution in [0.3, 0.4) is 0 Å². The SMILES string of the molecule is Cn1c(COc2cccc(Cl)c2)nnc1C1CCC(/C=N/O)CC1. The highest BCUT2D eigenvalue weighted by atomic mass is 35.5. The Labute approximate surface area is 146 Å². The predicted molar refractivity (Wildman–Crippen MR) is 91.8 cm³/mol. The van der Waals surface area contributed by atoms with Gasteiger partial charge in [-0.25, -0.2) is 0 Å². The first-order valence-electron chi connectivity index (χ1n) is 8.11. The molecule has 1 saturated carbocycles. The molecule has 1 heterocycles. The molecule has 0 radical (unpaired) electrons. The monoisotopic (exact) mass is 348 g/mol. The Bertz CT molecular complexity index is 708. The molecule has 0 unspecified atom stereocenters. The molecule has 0 saturated heterocycles. The maximum absolute atomic E-state index is 8.64. The van der Waals surface area contributed by atoms with E-state index in [1.165, 1.54) is 0 Å². The number of benzene rings is 1. The molecule has 128 valence electrons. The number of halogens is 1. The van der Waals surface area contributed by atoms with Crippen molar-refractivity contribution in [1.29, 1.82) is 0 Å². The molecule has 3 rings (SSSR count). The molecular formula is C17H21ClN4O2. The van der Waals surface area contributed by atoms with Gasteiger partial charge in [-0.05, 0) is 49.8 Å². The van der Waals surface area contributed by atoms with Crippen LogP contribution in [-0.2, 0) is 13.7 Å². The molecule has 1 aromatic carbocycles. The third-order valence-corrected chi connectivity index (χ3v) is 4.81. The second-order valence-corrected chi connectivity index (χ2v) is 6.59. The van der Waals surface area contributed by atoms with Gasteiger partial charge in [-0.2, -0.15) is 0 Å². The lowest BCUT2D eigenvalue weighted by molar-refractivity contribution is 0.289.